The molecule has 0 radical (unpaired) electrons. The van der Waals surface area contributed by atoms with Crippen LogP contribution in [0.4, 0.5) is 0 Å². The minimum absolute atomic E-state index is 0.232. The second-order valence-corrected chi connectivity index (χ2v) is 9.95. The molecule has 0 bridgehead atoms. The lowest BCUT2D eigenvalue weighted by atomic mass is 9.72. The number of fused-ring (bicyclic) bond motifs is 1. The zero-order valence-corrected chi connectivity index (χ0v) is 20.3. The summed E-state index contributed by atoms with van der Waals surface area (Å²) in [5, 5.41) is 1.18. The van der Waals surface area contributed by atoms with E-state index in [2.05, 4.69) is 66.2 Å². The van der Waals surface area contributed by atoms with E-state index >= 15 is 0 Å². The van der Waals surface area contributed by atoms with Gasteiger partial charge in [0.05, 0.1) is 24.1 Å². The molecule has 5 rings (SSSR count). The monoisotopic (exact) mass is 458 g/mol. The summed E-state index contributed by atoms with van der Waals surface area (Å²) in [6, 6.07) is 17.0. The molecule has 1 unspecified atom stereocenters. The normalized spacial score (nSPS) is 20.8. The van der Waals surface area contributed by atoms with Crippen LogP contribution in [0.5, 0.6) is 0 Å². The zero-order valence-electron chi connectivity index (χ0n) is 20.3. The Morgan fingerprint density at radius 2 is 1.82 bits per heavy atom. The van der Waals surface area contributed by atoms with Crippen molar-refractivity contribution in [3.05, 3.63) is 77.0 Å². The molecule has 2 aliphatic heterocycles. The van der Waals surface area contributed by atoms with Gasteiger partial charge in [0.25, 0.3) is 0 Å². The largest absolute Gasteiger partial charge is 0.381 e. The number of ether oxygens (including phenoxy) is 2. The Bertz CT molecular complexity index is 1140. The second-order valence-electron chi connectivity index (χ2n) is 9.95. The lowest BCUT2D eigenvalue weighted by Gasteiger charge is -2.40. The highest BCUT2D eigenvalue weighted by Gasteiger charge is 2.44. The van der Waals surface area contributed by atoms with Gasteiger partial charge in [-0.2, -0.15) is 0 Å². The van der Waals surface area contributed by atoms with Gasteiger partial charge in [-0.3, -0.25) is 9.78 Å². The molecule has 2 saturated heterocycles. The van der Waals surface area contributed by atoms with E-state index in [1.165, 1.54) is 22.1 Å². The molecule has 0 spiro atoms. The first kappa shape index (κ1) is 23.0. The highest BCUT2D eigenvalue weighted by molar-refractivity contribution is 5.89. The molecule has 1 aromatic heterocycles. The van der Waals surface area contributed by atoms with Crippen LogP contribution in [0, 0.1) is 19.8 Å². The first-order valence-corrected chi connectivity index (χ1v) is 12.4. The molecule has 5 nitrogen and oxygen atoms in total. The van der Waals surface area contributed by atoms with E-state index in [4.69, 9.17) is 9.47 Å². The van der Waals surface area contributed by atoms with E-state index in [1.807, 2.05) is 12.3 Å². The molecule has 178 valence electrons. The van der Waals surface area contributed by atoms with Gasteiger partial charge in [-0.15, -0.1) is 0 Å². The van der Waals surface area contributed by atoms with E-state index in [1.54, 1.807) is 0 Å². The summed E-state index contributed by atoms with van der Waals surface area (Å²) in [6.07, 6.45) is 4.16. The van der Waals surface area contributed by atoms with Gasteiger partial charge in [0.15, 0.2) is 0 Å². The molecule has 1 amide bonds. The Kier molecular flexibility index (Phi) is 6.66. The number of pyridine rings is 1. The zero-order chi connectivity index (χ0) is 23.5. The number of hydrogen-bond acceptors (Lipinski definition) is 4. The molecule has 2 fully saturated rings. The van der Waals surface area contributed by atoms with Gasteiger partial charge in [0, 0.05) is 43.8 Å². The maximum absolute atomic E-state index is 14.3. The summed E-state index contributed by atoms with van der Waals surface area (Å²) < 4.78 is 11.7. The molecule has 0 N–H and O–H groups in total. The fourth-order valence-electron chi connectivity index (χ4n) is 5.74. The number of nitrogens with zero attached hydrogens (tertiary/aromatic N) is 2. The van der Waals surface area contributed by atoms with Crippen molar-refractivity contribution in [2.75, 3.05) is 39.5 Å². The first-order chi connectivity index (χ1) is 16.5. The highest BCUT2D eigenvalue weighted by Crippen LogP contribution is 2.38. The van der Waals surface area contributed by atoms with Crippen molar-refractivity contribution in [1.82, 2.24) is 9.88 Å². The summed E-state index contributed by atoms with van der Waals surface area (Å²) in [7, 11) is 0. The third-order valence-electron chi connectivity index (χ3n) is 7.40. The topological polar surface area (TPSA) is 51.7 Å². The van der Waals surface area contributed by atoms with E-state index in [0.717, 1.165) is 30.3 Å². The van der Waals surface area contributed by atoms with Crippen LogP contribution in [0.2, 0.25) is 0 Å². The smallest absolute Gasteiger partial charge is 0.233 e. The molecule has 0 aliphatic carbocycles. The summed E-state index contributed by atoms with van der Waals surface area (Å²) >= 11 is 0. The van der Waals surface area contributed by atoms with Gasteiger partial charge >= 0.3 is 0 Å². The van der Waals surface area contributed by atoms with E-state index in [9.17, 15) is 4.79 Å². The fourth-order valence-corrected chi connectivity index (χ4v) is 5.74. The maximum Gasteiger partial charge on any atom is 0.233 e. The third-order valence-corrected chi connectivity index (χ3v) is 7.40. The van der Waals surface area contributed by atoms with Crippen molar-refractivity contribution < 1.29 is 14.3 Å². The van der Waals surface area contributed by atoms with Gasteiger partial charge in [0.2, 0.25) is 5.91 Å². The van der Waals surface area contributed by atoms with Crippen LogP contribution in [0.25, 0.3) is 10.9 Å². The number of rotatable bonds is 4. The number of aromatic nitrogens is 1. The van der Waals surface area contributed by atoms with Crippen LogP contribution < -0.4 is 0 Å². The first-order valence-electron chi connectivity index (χ1n) is 12.4. The third kappa shape index (κ3) is 4.59. The average Bonchev–Trinajstić information content (AvgIpc) is 3.09. The Morgan fingerprint density at radius 3 is 2.62 bits per heavy atom. The van der Waals surface area contributed by atoms with Crippen molar-refractivity contribution in [3.8, 4) is 0 Å². The van der Waals surface area contributed by atoms with Gasteiger partial charge < -0.3 is 14.4 Å². The number of carbonyl (C=O) groups excluding carboxylic acids is 1. The van der Waals surface area contributed by atoms with Crippen LogP contribution in [0.3, 0.4) is 0 Å². The number of amides is 1. The molecule has 1 atom stereocenters. The van der Waals surface area contributed by atoms with Gasteiger partial charge in [-0.05, 0) is 56.4 Å². The molecule has 2 aromatic carbocycles. The summed E-state index contributed by atoms with van der Waals surface area (Å²) in [6.45, 7) is 8.07. The van der Waals surface area contributed by atoms with Crippen molar-refractivity contribution in [3.63, 3.8) is 0 Å². The second kappa shape index (κ2) is 9.85. The van der Waals surface area contributed by atoms with Crippen LogP contribution in [-0.4, -0.2) is 55.3 Å². The lowest BCUT2D eigenvalue weighted by molar-refractivity contribution is -0.141. The van der Waals surface area contributed by atoms with Gasteiger partial charge in [-0.25, -0.2) is 0 Å². The molecule has 34 heavy (non-hydrogen) atoms. The average molecular weight is 459 g/mol. The predicted octanol–water partition coefficient (Wildman–Crippen LogP) is 4.62. The Balaban J connectivity index is 1.42. The number of aryl methyl sites for hydroxylation is 2. The Morgan fingerprint density at radius 1 is 1.03 bits per heavy atom. The van der Waals surface area contributed by atoms with Crippen molar-refractivity contribution in [1.29, 1.82) is 0 Å². The summed E-state index contributed by atoms with van der Waals surface area (Å²) in [5.74, 6) is 0.476. The van der Waals surface area contributed by atoms with Gasteiger partial charge in [0.1, 0.15) is 0 Å². The van der Waals surface area contributed by atoms with E-state index in [-0.39, 0.29) is 11.8 Å². The summed E-state index contributed by atoms with van der Waals surface area (Å²) in [5.41, 5.74) is 5.31. The SMILES string of the molecule is Cc1cc(C)cc(C2(C(=O)N3CCOCC(Cc4cccc5ncccc45)C3)CCOCC2)c1. The quantitative estimate of drug-likeness (QED) is 0.573. The lowest BCUT2D eigenvalue weighted by Crippen LogP contribution is -2.51. The van der Waals surface area contributed by atoms with Crippen molar-refractivity contribution >= 4 is 16.8 Å². The number of carbonyl (C=O) groups is 1. The fraction of sp³-hybridized carbons (Fsp3) is 0.448. The van der Waals surface area contributed by atoms with E-state index < -0.39 is 5.41 Å². The predicted molar refractivity (Wildman–Crippen MR) is 134 cm³/mol. The highest BCUT2D eigenvalue weighted by atomic mass is 16.5. The molecule has 3 aromatic rings. The van der Waals surface area contributed by atoms with Crippen LogP contribution in [0.15, 0.2) is 54.7 Å². The van der Waals surface area contributed by atoms with E-state index in [0.29, 0.717) is 39.5 Å². The number of hydrogen-bond donors (Lipinski definition) is 0. The van der Waals surface area contributed by atoms with Gasteiger partial charge in [-0.1, -0.05) is 47.5 Å². The van der Waals surface area contributed by atoms with Crippen molar-refractivity contribution in [2.45, 2.75) is 38.5 Å². The van der Waals surface area contributed by atoms with Crippen molar-refractivity contribution in [2.24, 2.45) is 5.92 Å². The Labute approximate surface area is 202 Å². The van der Waals surface area contributed by atoms with Crippen LogP contribution >= 0.6 is 0 Å². The number of benzene rings is 2. The molecular weight excluding hydrogens is 424 g/mol. The maximum atomic E-state index is 14.3. The molecular formula is C29H34N2O3. The molecule has 0 saturated carbocycles. The minimum Gasteiger partial charge on any atom is -0.381 e. The minimum atomic E-state index is -0.521. The van der Waals surface area contributed by atoms with Crippen LogP contribution in [0.1, 0.15) is 35.1 Å². The summed E-state index contributed by atoms with van der Waals surface area (Å²) in [4.78, 5) is 20.8. The van der Waals surface area contributed by atoms with Crippen LogP contribution in [-0.2, 0) is 26.1 Å². The standard InChI is InChI=1S/C29H34N2O3/c1-21-15-22(2)17-25(16-21)29(8-12-33-13-9-29)28(32)31-11-14-34-20-23(19-31)18-24-5-3-7-27-26(24)6-4-10-30-27/h3-7,10,15-17,23H,8-9,11-14,18-20H2,1-2H3. The molecule has 3 heterocycles. The Hall–Kier alpha value is -2.76. The molecule has 5 heteroatoms. The molecule has 2 aliphatic rings.